The van der Waals surface area contributed by atoms with Crippen molar-refractivity contribution in [1.29, 1.82) is 0 Å². The first kappa shape index (κ1) is 28.1. The predicted molar refractivity (Wildman–Crippen MR) is 122 cm³/mol. The molecule has 1 aromatic heterocycles. The topological polar surface area (TPSA) is 101 Å². The van der Waals surface area contributed by atoms with Crippen LogP contribution in [0.2, 0.25) is 5.02 Å². The molecule has 1 atom stereocenters. The van der Waals surface area contributed by atoms with Gasteiger partial charge in [0, 0.05) is 47.4 Å². The Labute approximate surface area is 225 Å². The van der Waals surface area contributed by atoms with Crippen molar-refractivity contribution in [2.75, 3.05) is 19.8 Å². The zero-order valence-electron chi connectivity index (χ0n) is 19.2. The van der Waals surface area contributed by atoms with E-state index in [4.69, 9.17) is 30.9 Å². The number of aliphatic hydroxyl groups excluding tert-OH is 1. The van der Waals surface area contributed by atoms with E-state index in [2.05, 4.69) is 4.98 Å². The van der Waals surface area contributed by atoms with Gasteiger partial charge in [0.1, 0.15) is 19.0 Å². The van der Waals surface area contributed by atoms with Gasteiger partial charge in [-0.2, -0.15) is 0 Å². The van der Waals surface area contributed by atoms with E-state index in [1.807, 2.05) is 31.2 Å². The summed E-state index contributed by atoms with van der Waals surface area (Å²) < 4.78 is 16.7. The number of hydrogen-bond acceptors (Lipinski definition) is 7. The van der Waals surface area contributed by atoms with E-state index in [1.165, 1.54) is 0 Å². The van der Waals surface area contributed by atoms with Crippen molar-refractivity contribution in [3.8, 4) is 22.8 Å². The van der Waals surface area contributed by atoms with Crippen molar-refractivity contribution in [2.24, 2.45) is 0 Å². The molecule has 1 N–H and O–H groups in total. The Morgan fingerprint density at radius 2 is 1.88 bits per heavy atom. The van der Waals surface area contributed by atoms with Crippen LogP contribution in [0.15, 0.2) is 60.8 Å². The normalized spacial score (nSPS) is 11.4. The van der Waals surface area contributed by atoms with Crippen LogP contribution in [-0.4, -0.2) is 35.9 Å². The molecule has 174 valence electrons. The minimum Gasteiger partial charge on any atom is -0.550 e. The Bertz CT molecular complexity index is 1050. The van der Waals surface area contributed by atoms with Crippen molar-refractivity contribution in [3.05, 3.63) is 76.9 Å². The van der Waals surface area contributed by atoms with E-state index in [1.54, 1.807) is 36.5 Å². The summed E-state index contributed by atoms with van der Waals surface area (Å²) in [5, 5.41) is 20.4. The van der Waals surface area contributed by atoms with Gasteiger partial charge in [0.15, 0.2) is 0 Å². The number of rotatable bonds is 12. The van der Waals surface area contributed by atoms with Gasteiger partial charge in [0.25, 0.3) is 0 Å². The van der Waals surface area contributed by atoms with Gasteiger partial charge in [-0.3, -0.25) is 0 Å². The Kier molecular flexibility index (Phi) is 11.8. The second kappa shape index (κ2) is 14.3. The second-order valence-corrected chi connectivity index (χ2v) is 7.56. The zero-order valence-corrected chi connectivity index (χ0v) is 22.0. The molecular weight excluding hydrogens is 469 g/mol. The third-order valence-electron chi connectivity index (χ3n) is 4.80. The summed E-state index contributed by atoms with van der Waals surface area (Å²) in [5.41, 5.74) is 3.32. The van der Waals surface area contributed by atoms with Crippen LogP contribution in [0.3, 0.4) is 0 Å². The van der Waals surface area contributed by atoms with E-state index in [9.17, 15) is 9.90 Å². The molecule has 0 bridgehead atoms. The average Bonchev–Trinajstić information content (AvgIpc) is 2.82. The minimum atomic E-state index is -1.16. The van der Waals surface area contributed by atoms with Crippen LogP contribution >= 0.6 is 11.6 Å². The Balaban J connectivity index is 0.00000408. The van der Waals surface area contributed by atoms with Gasteiger partial charge in [-0.15, -0.1) is 0 Å². The quantitative estimate of drug-likeness (QED) is 0.368. The number of hydrogen-bond donors (Lipinski definition) is 1. The van der Waals surface area contributed by atoms with Gasteiger partial charge in [0.2, 0.25) is 5.88 Å². The van der Waals surface area contributed by atoms with Gasteiger partial charge in [-0.1, -0.05) is 29.8 Å². The first-order chi connectivity index (χ1) is 16.0. The molecule has 7 nitrogen and oxygen atoms in total. The van der Waals surface area contributed by atoms with Crippen LogP contribution in [0.25, 0.3) is 11.1 Å². The molecule has 0 saturated carbocycles. The zero-order chi connectivity index (χ0) is 23.6. The molecule has 0 radical (unpaired) electrons. The van der Waals surface area contributed by atoms with Crippen LogP contribution in [0.4, 0.5) is 0 Å². The van der Waals surface area contributed by atoms with E-state index in [0.717, 1.165) is 22.3 Å². The number of carboxylic acids is 1. The van der Waals surface area contributed by atoms with Gasteiger partial charge >= 0.3 is 29.6 Å². The smallest absolute Gasteiger partial charge is 0.550 e. The van der Waals surface area contributed by atoms with Crippen LogP contribution in [0.1, 0.15) is 30.6 Å². The van der Waals surface area contributed by atoms with Gasteiger partial charge < -0.3 is 29.2 Å². The number of carboxylic acid groups (broad SMARTS) is 1. The SMILES string of the molecule is CCO[C@@H](CC(=O)[O-])c1ccc(OCc2ccc(Cl)c(-c3ccc(OCCO)nc3)c2)cc1.[Na+]. The second-order valence-electron chi connectivity index (χ2n) is 7.15. The summed E-state index contributed by atoms with van der Waals surface area (Å²) in [5.74, 6) is -0.0844. The van der Waals surface area contributed by atoms with Crippen LogP contribution < -0.4 is 44.1 Å². The van der Waals surface area contributed by atoms with Crippen LogP contribution in [-0.2, 0) is 16.1 Å². The molecule has 0 unspecified atom stereocenters. The molecule has 3 aromatic rings. The molecule has 0 amide bonds. The number of aliphatic hydroxyl groups is 1. The molecule has 2 aromatic carbocycles. The van der Waals surface area contributed by atoms with Gasteiger partial charge in [-0.25, -0.2) is 4.98 Å². The molecule has 0 aliphatic carbocycles. The molecule has 34 heavy (non-hydrogen) atoms. The number of aliphatic carboxylic acids is 1. The molecule has 3 rings (SSSR count). The summed E-state index contributed by atoms with van der Waals surface area (Å²) in [6.07, 6.45) is 0.908. The molecule has 0 aliphatic heterocycles. The standard InChI is InChI=1S/C25H26ClNO6.Na/c1-2-31-23(14-25(29)30)18-4-7-20(8-5-18)33-16-17-3-9-22(26)21(13-17)19-6-10-24(27-15-19)32-12-11-28;/h3-10,13,15,23,28H,2,11-12,14,16H2,1H3,(H,29,30);/q;+1/p-1/t23-;/m0./s1. The molecule has 9 heteroatoms. The molecule has 0 fully saturated rings. The van der Waals surface area contributed by atoms with E-state index in [0.29, 0.717) is 29.9 Å². The van der Waals surface area contributed by atoms with Crippen LogP contribution in [0, 0.1) is 0 Å². The number of pyridine rings is 1. The summed E-state index contributed by atoms with van der Waals surface area (Å²) in [6, 6.07) is 16.3. The Morgan fingerprint density at radius 1 is 1.12 bits per heavy atom. The first-order valence-electron chi connectivity index (χ1n) is 10.5. The van der Waals surface area contributed by atoms with E-state index in [-0.39, 0.29) is 49.2 Å². The number of benzene rings is 2. The summed E-state index contributed by atoms with van der Waals surface area (Å²) >= 11 is 6.39. The summed E-state index contributed by atoms with van der Waals surface area (Å²) in [4.78, 5) is 15.2. The first-order valence-corrected chi connectivity index (χ1v) is 10.9. The van der Waals surface area contributed by atoms with Crippen molar-refractivity contribution < 1.29 is 58.8 Å². The predicted octanol–water partition coefficient (Wildman–Crippen LogP) is 0.574. The maximum absolute atomic E-state index is 11.0. The summed E-state index contributed by atoms with van der Waals surface area (Å²) in [6.45, 7) is 2.65. The fourth-order valence-corrected chi connectivity index (χ4v) is 3.46. The van der Waals surface area contributed by atoms with Crippen molar-refractivity contribution in [3.63, 3.8) is 0 Å². The summed E-state index contributed by atoms with van der Waals surface area (Å²) in [7, 11) is 0. The number of aromatic nitrogens is 1. The van der Waals surface area contributed by atoms with Crippen molar-refractivity contribution in [2.45, 2.75) is 26.1 Å². The Hall–Kier alpha value is -2.13. The number of carbonyl (C=O) groups excluding carboxylic acids is 1. The van der Waals surface area contributed by atoms with Gasteiger partial charge in [0.05, 0.1) is 12.7 Å². The number of carbonyl (C=O) groups is 1. The molecule has 0 spiro atoms. The monoisotopic (exact) mass is 493 g/mol. The maximum atomic E-state index is 11.0. The van der Waals surface area contributed by atoms with Gasteiger partial charge in [-0.05, 0) is 48.4 Å². The molecule has 0 aliphatic rings. The molecular formula is C25H25ClNNaO6. The van der Waals surface area contributed by atoms with E-state index >= 15 is 0 Å². The number of nitrogens with zero attached hydrogens (tertiary/aromatic N) is 1. The number of halogens is 1. The maximum Gasteiger partial charge on any atom is 1.00 e. The Morgan fingerprint density at radius 3 is 2.50 bits per heavy atom. The number of ether oxygens (including phenoxy) is 3. The molecule has 0 saturated heterocycles. The van der Waals surface area contributed by atoms with Crippen molar-refractivity contribution in [1.82, 2.24) is 4.98 Å². The third-order valence-corrected chi connectivity index (χ3v) is 5.13. The largest absolute Gasteiger partial charge is 1.00 e. The fraction of sp³-hybridized carbons (Fsp3) is 0.280. The third kappa shape index (κ3) is 8.27. The van der Waals surface area contributed by atoms with Crippen LogP contribution in [0.5, 0.6) is 11.6 Å². The van der Waals surface area contributed by atoms with E-state index < -0.39 is 12.1 Å². The molecule has 1 heterocycles. The average molecular weight is 494 g/mol. The minimum absolute atomic E-state index is 0. The fourth-order valence-electron chi connectivity index (χ4n) is 3.23. The van der Waals surface area contributed by atoms with Crippen molar-refractivity contribution >= 4 is 17.6 Å².